The number of hydrogen-bond donors (Lipinski definition) is 0. The zero-order chi connectivity index (χ0) is 54.4. The molecule has 3 rings (SSSR count). The lowest BCUT2D eigenvalue weighted by atomic mass is 9.71. The fourth-order valence-electron chi connectivity index (χ4n) is 12.4. The highest BCUT2D eigenvalue weighted by atomic mass is 31.2. The summed E-state index contributed by atoms with van der Waals surface area (Å²) < 4.78 is 22.3. The average Bonchev–Trinajstić information content (AvgIpc) is 3.26. The summed E-state index contributed by atoms with van der Waals surface area (Å²) in [5, 5.41) is 0. The van der Waals surface area contributed by atoms with Crippen LogP contribution in [0.1, 0.15) is 312 Å². The summed E-state index contributed by atoms with van der Waals surface area (Å²) in [6, 6.07) is 21.1. The zero-order valence-corrected chi connectivity index (χ0v) is 52.4. The molecule has 0 atom stereocenters. The first-order valence-corrected chi connectivity index (χ1v) is 31.5. The van der Waals surface area contributed by atoms with Gasteiger partial charge in [-0.2, -0.15) is 0 Å². The Hall–Kier alpha value is -2.51. The molecule has 0 heterocycles. The lowest BCUT2D eigenvalue weighted by Crippen LogP contribution is -2.27. The molecule has 0 fully saturated rings. The molecule has 4 heteroatoms. The van der Waals surface area contributed by atoms with E-state index < -0.39 is 8.60 Å². The molecule has 0 bridgehead atoms. The van der Waals surface area contributed by atoms with Crippen molar-refractivity contribution in [2.45, 2.75) is 314 Å². The summed E-state index contributed by atoms with van der Waals surface area (Å²) in [6.45, 7) is 42.7. The summed E-state index contributed by atoms with van der Waals surface area (Å²) >= 11 is 0. The van der Waals surface area contributed by atoms with Gasteiger partial charge < -0.3 is 13.6 Å². The van der Waals surface area contributed by atoms with Crippen LogP contribution in [0.2, 0.25) is 0 Å². The summed E-state index contributed by atoms with van der Waals surface area (Å²) in [5.74, 6) is 2.63. The molecule has 0 N–H and O–H groups in total. The molecular formula is C69H117O3P. The van der Waals surface area contributed by atoms with Crippen LogP contribution in [0.25, 0.3) is 0 Å². The second-order valence-electron chi connectivity index (χ2n) is 28.5. The van der Waals surface area contributed by atoms with E-state index >= 15 is 0 Å². The van der Waals surface area contributed by atoms with Gasteiger partial charge in [-0.05, 0) is 125 Å². The number of benzene rings is 3. The maximum absolute atomic E-state index is 7.45. The zero-order valence-electron chi connectivity index (χ0n) is 51.5. The first kappa shape index (κ1) is 64.8. The van der Waals surface area contributed by atoms with Crippen LogP contribution in [0.5, 0.6) is 17.2 Å². The quantitative estimate of drug-likeness (QED) is 0.0429. The van der Waals surface area contributed by atoms with Crippen LogP contribution in [0.4, 0.5) is 0 Å². The molecule has 0 radical (unpaired) electrons. The lowest BCUT2D eigenvalue weighted by molar-refractivity contribution is 0.275. The van der Waals surface area contributed by atoms with Gasteiger partial charge in [-0.3, -0.25) is 0 Å². The smallest absolute Gasteiger partial charge is 0.408 e. The van der Waals surface area contributed by atoms with Crippen molar-refractivity contribution >= 4 is 8.60 Å². The van der Waals surface area contributed by atoms with Gasteiger partial charge in [-0.15, -0.1) is 0 Å². The van der Waals surface area contributed by atoms with E-state index in [0.29, 0.717) is 0 Å². The SMILES string of the molecule is CCCCCCCCCc1ccc(OP(Oc2ccc(CCCCCCCCC)cc2C(C)(C)CC(C)(C)C)Oc2ccc(CCCCCCCCC)cc2C(C)(C)CC(C)(C)C)c(C(C)(C)CC(C)(C)C)c1. The Labute approximate surface area is 455 Å². The van der Waals surface area contributed by atoms with Crippen LogP contribution in [0.15, 0.2) is 54.6 Å². The van der Waals surface area contributed by atoms with Gasteiger partial charge in [0.25, 0.3) is 0 Å². The van der Waals surface area contributed by atoms with E-state index in [1.165, 1.54) is 168 Å². The van der Waals surface area contributed by atoms with Crippen molar-refractivity contribution in [3.63, 3.8) is 0 Å². The van der Waals surface area contributed by atoms with Crippen LogP contribution < -0.4 is 13.6 Å². The topological polar surface area (TPSA) is 27.7 Å². The molecule has 0 aromatic heterocycles. The molecule has 0 saturated carbocycles. The van der Waals surface area contributed by atoms with E-state index in [1.54, 1.807) is 0 Å². The number of rotatable bonds is 36. The average molecular weight is 1030 g/mol. The van der Waals surface area contributed by atoms with Crippen molar-refractivity contribution in [2.24, 2.45) is 16.2 Å². The monoisotopic (exact) mass is 1020 g/mol. The van der Waals surface area contributed by atoms with Crippen molar-refractivity contribution in [3.8, 4) is 17.2 Å². The van der Waals surface area contributed by atoms with Crippen molar-refractivity contribution in [1.82, 2.24) is 0 Å². The largest absolute Gasteiger partial charge is 0.530 e. The van der Waals surface area contributed by atoms with Gasteiger partial charge in [-0.1, -0.05) is 277 Å². The van der Waals surface area contributed by atoms with Crippen LogP contribution in [0, 0.1) is 16.2 Å². The molecule has 416 valence electrons. The molecule has 0 aliphatic heterocycles. The highest BCUT2D eigenvalue weighted by Gasteiger charge is 2.37. The van der Waals surface area contributed by atoms with Crippen molar-refractivity contribution in [2.75, 3.05) is 0 Å². The highest BCUT2D eigenvalue weighted by molar-refractivity contribution is 7.43. The Morgan fingerprint density at radius 2 is 0.521 bits per heavy atom. The molecule has 0 aliphatic carbocycles. The molecule has 0 unspecified atom stereocenters. The fraction of sp³-hybridized carbons (Fsp3) is 0.739. The van der Waals surface area contributed by atoms with Crippen LogP contribution in [0.3, 0.4) is 0 Å². The van der Waals surface area contributed by atoms with Gasteiger partial charge in [-0.25, -0.2) is 0 Å². The van der Waals surface area contributed by atoms with Gasteiger partial charge in [0.1, 0.15) is 17.2 Å². The van der Waals surface area contributed by atoms with E-state index in [9.17, 15) is 0 Å². The lowest BCUT2D eigenvalue weighted by Gasteiger charge is -2.36. The van der Waals surface area contributed by atoms with E-state index in [4.69, 9.17) is 13.6 Å². The number of unbranched alkanes of at least 4 members (excludes halogenated alkanes) is 18. The Kier molecular flexibility index (Phi) is 27.5. The van der Waals surface area contributed by atoms with Gasteiger partial charge >= 0.3 is 8.60 Å². The molecule has 3 aromatic rings. The third-order valence-electron chi connectivity index (χ3n) is 15.0. The van der Waals surface area contributed by atoms with E-state index in [1.807, 2.05) is 0 Å². The Morgan fingerprint density at radius 3 is 0.740 bits per heavy atom. The molecule has 3 aromatic carbocycles. The van der Waals surface area contributed by atoms with E-state index in [0.717, 1.165) is 55.8 Å². The summed E-state index contributed by atoms with van der Waals surface area (Å²) in [7, 11) is -1.97. The Bertz CT molecular complexity index is 1760. The van der Waals surface area contributed by atoms with Gasteiger partial charge in [0.15, 0.2) is 0 Å². The predicted molar refractivity (Wildman–Crippen MR) is 325 cm³/mol. The maximum Gasteiger partial charge on any atom is 0.530 e. The third-order valence-corrected chi connectivity index (χ3v) is 16.0. The van der Waals surface area contributed by atoms with Gasteiger partial charge in [0.05, 0.1) is 0 Å². The standard InChI is InChI=1S/C69H117O3P/c1-19-22-25-28-31-34-37-40-55-43-46-61(58(49-55)67(13,14)52-64(4,5)6)70-73(71-62-47-44-56(41-38-35-32-29-26-23-20-2)50-59(62)68(15,16)53-65(7,8)9)72-63-48-45-57(42-39-36-33-30-27-24-21-3)51-60(63)69(17,18)54-66(10,11)12/h43-51H,19-42,52-54H2,1-18H3. The molecule has 0 saturated heterocycles. The molecule has 0 spiro atoms. The van der Waals surface area contributed by atoms with Gasteiger partial charge in [0, 0.05) is 16.7 Å². The molecule has 73 heavy (non-hydrogen) atoms. The summed E-state index contributed by atoms with van der Waals surface area (Å²) in [6.07, 6.45) is 33.9. The summed E-state index contributed by atoms with van der Waals surface area (Å²) in [5.41, 5.74) is 7.86. The van der Waals surface area contributed by atoms with E-state index in [-0.39, 0.29) is 32.5 Å². The minimum absolute atomic E-state index is 0.127. The Balaban J connectivity index is 2.23. The maximum atomic E-state index is 7.45. The normalized spacial score (nSPS) is 13.0. The van der Waals surface area contributed by atoms with Crippen molar-refractivity contribution in [1.29, 1.82) is 0 Å². The second-order valence-corrected chi connectivity index (χ2v) is 29.5. The van der Waals surface area contributed by atoms with Gasteiger partial charge in [0.2, 0.25) is 0 Å². The minimum atomic E-state index is -1.97. The third kappa shape index (κ3) is 25.5. The summed E-state index contributed by atoms with van der Waals surface area (Å²) in [4.78, 5) is 0. The Morgan fingerprint density at radius 1 is 0.301 bits per heavy atom. The number of aryl methyl sites for hydroxylation is 3. The molecule has 3 nitrogen and oxygen atoms in total. The highest BCUT2D eigenvalue weighted by Crippen LogP contribution is 2.52. The molecule has 0 aliphatic rings. The van der Waals surface area contributed by atoms with Crippen LogP contribution in [-0.4, -0.2) is 0 Å². The first-order valence-electron chi connectivity index (χ1n) is 30.4. The van der Waals surface area contributed by atoms with Crippen LogP contribution >= 0.6 is 8.60 Å². The molecule has 0 amide bonds. The van der Waals surface area contributed by atoms with Crippen molar-refractivity contribution < 1.29 is 13.6 Å². The number of hydrogen-bond acceptors (Lipinski definition) is 3. The minimum Gasteiger partial charge on any atom is -0.408 e. The van der Waals surface area contributed by atoms with Crippen LogP contribution in [-0.2, 0) is 35.5 Å². The fourth-order valence-corrected chi connectivity index (χ4v) is 13.5. The van der Waals surface area contributed by atoms with Crippen molar-refractivity contribution in [3.05, 3.63) is 88.0 Å². The molecular weight excluding hydrogens is 908 g/mol. The van der Waals surface area contributed by atoms with E-state index in [2.05, 4.69) is 179 Å². The first-order chi connectivity index (χ1) is 34.2. The second kappa shape index (κ2) is 31.0. The predicted octanol–water partition coefficient (Wildman–Crippen LogP) is 23.5.